The monoisotopic (exact) mass is 333 g/mol. The minimum Gasteiger partial charge on any atom is -0.468 e. The lowest BCUT2D eigenvalue weighted by Gasteiger charge is -2.18. The lowest BCUT2D eigenvalue weighted by Crippen LogP contribution is -2.35. The van der Waals surface area contributed by atoms with E-state index in [0.717, 1.165) is 29.5 Å². The van der Waals surface area contributed by atoms with Gasteiger partial charge in [-0.1, -0.05) is 0 Å². The van der Waals surface area contributed by atoms with Gasteiger partial charge in [0.25, 0.3) is 0 Å². The predicted molar refractivity (Wildman–Crippen MR) is 73.8 cm³/mol. The van der Waals surface area contributed by atoms with Crippen molar-refractivity contribution in [3.8, 4) is 0 Å². The molecule has 100 valence electrons. The van der Waals surface area contributed by atoms with E-state index in [9.17, 15) is 4.79 Å². The third-order valence-corrected chi connectivity index (χ3v) is 4.72. The number of methoxy groups -OCH3 is 1. The highest BCUT2D eigenvalue weighted by Gasteiger charge is 2.26. The first-order valence-corrected chi connectivity index (χ1v) is 7.60. The van der Waals surface area contributed by atoms with Gasteiger partial charge in [-0.2, -0.15) is 11.3 Å². The second-order valence-electron chi connectivity index (χ2n) is 4.17. The van der Waals surface area contributed by atoms with E-state index in [1.165, 1.54) is 7.11 Å². The second-order valence-corrected chi connectivity index (χ2v) is 5.77. The zero-order chi connectivity index (χ0) is 13.0. The molecule has 0 amide bonds. The van der Waals surface area contributed by atoms with Gasteiger partial charge < -0.3 is 9.47 Å². The first-order valence-electron chi connectivity index (χ1n) is 5.86. The van der Waals surface area contributed by atoms with Gasteiger partial charge >= 0.3 is 5.97 Å². The van der Waals surface area contributed by atoms with Crippen LogP contribution in [0, 0.1) is 0 Å². The molecule has 2 rings (SSSR count). The quantitative estimate of drug-likeness (QED) is 0.841. The van der Waals surface area contributed by atoms with E-state index < -0.39 is 6.04 Å². The first kappa shape index (κ1) is 14.0. The van der Waals surface area contributed by atoms with E-state index in [1.54, 1.807) is 11.3 Å². The molecule has 0 aliphatic carbocycles. The average molecular weight is 334 g/mol. The molecule has 0 aromatic carbocycles. The maximum atomic E-state index is 11.8. The van der Waals surface area contributed by atoms with Crippen LogP contribution in [0.15, 0.2) is 15.2 Å². The molecule has 1 fully saturated rings. The number of ether oxygens (including phenoxy) is 2. The zero-order valence-corrected chi connectivity index (χ0v) is 12.6. The molecule has 1 aromatic rings. The van der Waals surface area contributed by atoms with Gasteiger partial charge in [0, 0.05) is 28.6 Å². The van der Waals surface area contributed by atoms with E-state index in [-0.39, 0.29) is 12.1 Å². The van der Waals surface area contributed by atoms with Crippen LogP contribution in [0.1, 0.15) is 24.4 Å². The first-order chi connectivity index (χ1) is 8.72. The number of carbonyl (C=O) groups is 1. The molecule has 1 saturated heterocycles. The molecule has 2 heterocycles. The van der Waals surface area contributed by atoms with Gasteiger partial charge in [-0.05, 0) is 34.2 Å². The molecule has 1 aromatic heterocycles. The molecule has 18 heavy (non-hydrogen) atoms. The SMILES string of the molecule is COC(=O)C(NCC1CCCO1)c1cscc1Br. The van der Waals surface area contributed by atoms with E-state index in [4.69, 9.17) is 9.47 Å². The standard InChI is InChI=1S/C12H16BrNO3S/c1-16-12(15)11(9-6-18-7-10(9)13)14-5-8-3-2-4-17-8/h6-8,11,14H,2-5H2,1H3. The van der Waals surface area contributed by atoms with Crippen molar-refractivity contribution in [2.24, 2.45) is 0 Å². The van der Waals surface area contributed by atoms with Gasteiger partial charge in [0.1, 0.15) is 6.04 Å². The predicted octanol–water partition coefficient (Wildman–Crippen LogP) is 2.49. The van der Waals surface area contributed by atoms with E-state index in [2.05, 4.69) is 21.2 Å². The highest BCUT2D eigenvalue weighted by atomic mass is 79.9. The Bertz CT molecular complexity index is 404. The number of esters is 1. The van der Waals surface area contributed by atoms with Crippen LogP contribution >= 0.6 is 27.3 Å². The molecule has 6 heteroatoms. The third-order valence-electron chi connectivity index (χ3n) is 2.96. The maximum absolute atomic E-state index is 11.8. The number of hydrogen-bond acceptors (Lipinski definition) is 5. The van der Waals surface area contributed by atoms with E-state index in [1.807, 2.05) is 10.8 Å². The summed E-state index contributed by atoms with van der Waals surface area (Å²) >= 11 is 5.00. The Hall–Kier alpha value is -0.430. The van der Waals surface area contributed by atoms with Crippen molar-refractivity contribution < 1.29 is 14.3 Å². The van der Waals surface area contributed by atoms with Gasteiger partial charge in [0.2, 0.25) is 0 Å². The summed E-state index contributed by atoms with van der Waals surface area (Å²) in [5.41, 5.74) is 0.921. The molecular formula is C12H16BrNO3S. The van der Waals surface area contributed by atoms with Crippen molar-refractivity contribution in [2.75, 3.05) is 20.3 Å². The Labute approximate surface area is 119 Å². The molecule has 2 unspecified atom stereocenters. The third kappa shape index (κ3) is 3.32. The summed E-state index contributed by atoms with van der Waals surface area (Å²) in [5, 5.41) is 7.14. The van der Waals surface area contributed by atoms with Crippen LogP contribution in [0.4, 0.5) is 0 Å². The second kappa shape index (κ2) is 6.65. The summed E-state index contributed by atoms with van der Waals surface area (Å²) in [6.07, 6.45) is 2.35. The molecule has 4 nitrogen and oxygen atoms in total. The minimum absolute atomic E-state index is 0.203. The fraction of sp³-hybridized carbons (Fsp3) is 0.583. The van der Waals surface area contributed by atoms with Crippen molar-refractivity contribution in [2.45, 2.75) is 25.0 Å². The number of carbonyl (C=O) groups excluding carboxylic acids is 1. The molecule has 0 spiro atoms. The summed E-state index contributed by atoms with van der Waals surface area (Å²) in [6, 6.07) is -0.431. The van der Waals surface area contributed by atoms with Gasteiger partial charge in [-0.3, -0.25) is 5.32 Å². The Balaban J connectivity index is 2.01. The molecule has 1 aliphatic heterocycles. The average Bonchev–Trinajstić information content (AvgIpc) is 3.01. The molecule has 0 radical (unpaired) electrons. The van der Waals surface area contributed by atoms with Gasteiger partial charge in [-0.15, -0.1) is 0 Å². The molecule has 1 N–H and O–H groups in total. The van der Waals surface area contributed by atoms with Crippen LogP contribution < -0.4 is 5.32 Å². The Morgan fingerprint density at radius 1 is 1.72 bits per heavy atom. The van der Waals surface area contributed by atoms with Crippen molar-refractivity contribution >= 4 is 33.2 Å². The van der Waals surface area contributed by atoms with Gasteiger partial charge in [-0.25, -0.2) is 4.79 Å². The van der Waals surface area contributed by atoms with Crippen LogP contribution in [-0.2, 0) is 14.3 Å². The van der Waals surface area contributed by atoms with E-state index >= 15 is 0 Å². The Morgan fingerprint density at radius 3 is 3.11 bits per heavy atom. The summed E-state index contributed by atoms with van der Waals surface area (Å²) < 4.78 is 11.3. The molecule has 2 atom stereocenters. The van der Waals surface area contributed by atoms with Crippen LogP contribution in [-0.4, -0.2) is 32.3 Å². The maximum Gasteiger partial charge on any atom is 0.327 e. The fourth-order valence-corrected chi connectivity index (χ4v) is 3.54. The number of nitrogens with one attached hydrogen (secondary N) is 1. The topological polar surface area (TPSA) is 47.6 Å². The lowest BCUT2D eigenvalue weighted by molar-refractivity contribution is -0.143. The summed E-state index contributed by atoms with van der Waals surface area (Å²) in [5.74, 6) is -0.271. The molecule has 1 aliphatic rings. The van der Waals surface area contributed by atoms with Crippen molar-refractivity contribution in [3.05, 3.63) is 20.8 Å². The van der Waals surface area contributed by atoms with Crippen molar-refractivity contribution in [3.63, 3.8) is 0 Å². The number of thiophene rings is 1. The Kier molecular flexibility index (Phi) is 5.17. The normalized spacial score (nSPS) is 20.9. The van der Waals surface area contributed by atoms with Crippen LogP contribution in [0.5, 0.6) is 0 Å². The van der Waals surface area contributed by atoms with Crippen molar-refractivity contribution in [1.29, 1.82) is 0 Å². The van der Waals surface area contributed by atoms with Crippen molar-refractivity contribution in [1.82, 2.24) is 5.32 Å². The summed E-state index contributed by atoms with van der Waals surface area (Å²) in [4.78, 5) is 11.8. The smallest absolute Gasteiger partial charge is 0.327 e. The van der Waals surface area contributed by atoms with Gasteiger partial charge in [0.05, 0.1) is 13.2 Å². The van der Waals surface area contributed by atoms with Crippen LogP contribution in [0.3, 0.4) is 0 Å². The molecular weight excluding hydrogens is 318 g/mol. The number of halogens is 1. The lowest BCUT2D eigenvalue weighted by atomic mass is 10.1. The molecule has 0 bridgehead atoms. The minimum atomic E-state index is -0.431. The zero-order valence-electron chi connectivity index (χ0n) is 10.1. The summed E-state index contributed by atoms with van der Waals surface area (Å²) in [6.45, 7) is 1.49. The fourth-order valence-electron chi connectivity index (χ4n) is 1.99. The van der Waals surface area contributed by atoms with Crippen LogP contribution in [0.2, 0.25) is 0 Å². The number of rotatable bonds is 5. The summed E-state index contributed by atoms with van der Waals surface area (Å²) in [7, 11) is 1.41. The highest BCUT2D eigenvalue weighted by Crippen LogP contribution is 2.28. The highest BCUT2D eigenvalue weighted by molar-refractivity contribution is 9.10. The molecule has 0 saturated carbocycles. The van der Waals surface area contributed by atoms with E-state index in [0.29, 0.717) is 6.54 Å². The van der Waals surface area contributed by atoms with Gasteiger partial charge in [0.15, 0.2) is 0 Å². The van der Waals surface area contributed by atoms with Crippen LogP contribution in [0.25, 0.3) is 0 Å². The Morgan fingerprint density at radius 2 is 2.56 bits per heavy atom. The number of hydrogen-bond donors (Lipinski definition) is 1. The largest absolute Gasteiger partial charge is 0.468 e.